The van der Waals surface area contributed by atoms with E-state index in [0.29, 0.717) is 22.3 Å². The standard InChI is InChI=1S/C22H24ClN3O2/c1-27-19-13-17-18(14-20(19)28-2)24-21(15-7-9-16(23)10-8-15)25-22(17)26-11-5-3-4-6-12-26/h7-10,13-14H,3-6,11-12H2,1-2H3. The van der Waals surface area contributed by atoms with E-state index in [4.69, 9.17) is 31.0 Å². The van der Waals surface area contributed by atoms with Crippen LogP contribution in [0.4, 0.5) is 5.82 Å². The number of rotatable bonds is 4. The van der Waals surface area contributed by atoms with Crippen molar-refractivity contribution in [3.05, 3.63) is 41.4 Å². The summed E-state index contributed by atoms with van der Waals surface area (Å²) in [5.74, 6) is 3.00. The molecule has 0 aliphatic carbocycles. The molecule has 0 unspecified atom stereocenters. The Morgan fingerprint density at radius 2 is 1.50 bits per heavy atom. The van der Waals surface area contributed by atoms with Crippen LogP contribution in [0.3, 0.4) is 0 Å². The molecule has 6 heteroatoms. The van der Waals surface area contributed by atoms with E-state index in [0.717, 1.165) is 35.4 Å². The number of hydrogen-bond donors (Lipinski definition) is 0. The first-order valence-electron chi connectivity index (χ1n) is 9.64. The first-order chi connectivity index (χ1) is 13.7. The van der Waals surface area contributed by atoms with Crippen LogP contribution in [-0.4, -0.2) is 37.3 Å². The number of fused-ring (bicyclic) bond motifs is 1. The van der Waals surface area contributed by atoms with Crippen molar-refractivity contribution in [2.24, 2.45) is 0 Å². The third-order valence-corrected chi connectivity index (χ3v) is 5.44. The Labute approximate surface area is 170 Å². The lowest BCUT2D eigenvalue weighted by atomic mass is 10.1. The third-order valence-electron chi connectivity index (χ3n) is 5.19. The van der Waals surface area contributed by atoms with Gasteiger partial charge in [-0.2, -0.15) is 0 Å². The van der Waals surface area contributed by atoms with Gasteiger partial charge in [0.05, 0.1) is 19.7 Å². The largest absolute Gasteiger partial charge is 0.493 e. The average Bonchev–Trinajstić information content (AvgIpc) is 3.02. The van der Waals surface area contributed by atoms with Gasteiger partial charge in [-0.1, -0.05) is 24.4 Å². The quantitative estimate of drug-likeness (QED) is 0.594. The zero-order chi connectivity index (χ0) is 19.5. The highest BCUT2D eigenvalue weighted by molar-refractivity contribution is 6.30. The summed E-state index contributed by atoms with van der Waals surface area (Å²) in [4.78, 5) is 12.2. The molecule has 146 valence electrons. The van der Waals surface area contributed by atoms with E-state index in [1.54, 1.807) is 14.2 Å². The zero-order valence-electron chi connectivity index (χ0n) is 16.2. The highest BCUT2D eigenvalue weighted by Gasteiger charge is 2.19. The minimum atomic E-state index is 0.664. The monoisotopic (exact) mass is 397 g/mol. The molecule has 0 spiro atoms. The second-order valence-electron chi connectivity index (χ2n) is 7.00. The Morgan fingerprint density at radius 1 is 0.857 bits per heavy atom. The van der Waals surface area contributed by atoms with Crippen molar-refractivity contribution >= 4 is 28.3 Å². The summed E-state index contributed by atoms with van der Waals surface area (Å²) < 4.78 is 11.0. The van der Waals surface area contributed by atoms with Crippen LogP contribution in [0.5, 0.6) is 11.5 Å². The summed E-state index contributed by atoms with van der Waals surface area (Å²) in [7, 11) is 3.29. The molecule has 2 aromatic carbocycles. The Balaban J connectivity index is 1.92. The van der Waals surface area contributed by atoms with Gasteiger partial charge in [0.25, 0.3) is 0 Å². The molecular weight excluding hydrogens is 374 g/mol. The lowest BCUT2D eigenvalue weighted by Crippen LogP contribution is -2.25. The molecule has 2 heterocycles. The van der Waals surface area contributed by atoms with Gasteiger partial charge in [-0.05, 0) is 43.2 Å². The fraction of sp³-hybridized carbons (Fsp3) is 0.364. The third kappa shape index (κ3) is 3.72. The van der Waals surface area contributed by atoms with Gasteiger partial charge < -0.3 is 14.4 Å². The van der Waals surface area contributed by atoms with Crippen molar-refractivity contribution in [2.75, 3.05) is 32.2 Å². The summed E-state index contributed by atoms with van der Waals surface area (Å²) >= 11 is 6.06. The molecule has 1 saturated heterocycles. The predicted molar refractivity (Wildman–Crippen MR) is 114 cm³/mol. The van der Waals surface area contributed by atoms with Gasteiger partial charge in [-0.15, -0.1) is 0 Å². The summed E-state index contributed by atoms with van der Waals surface area (Å²) in [5, 5.41) is 1.68. The first-order valence-corrected chi connectivity index (χ1v) is 10.0. The number of halogens is 1. The van der Waals surface area contributed by atoms with Crippen molar-refractivity contribution in [3.63, 3.8) is 0 Å². The fourth-order valence-electron chi connectivity index (χ4n) is 3.69. The maximum absolute atomic E-state index is 6.06. The Hall–Kier alpha value is -2.53. The van der Waals surface area contributed by atoms with E-state index >= 15 is 0 Å². The van der Waals surface area contributed by atoms with Crippen molar-refractivity contribution in [2.45, 2.75) is 25.7 Å². The van der Waals surface area contributed by atoms with Gasteiger partial charge in [0, 0.05) is 35.1 Å². The summed E-state index contributed by atoms with van der Waals surface area (Å²) in [6, 6.07) is 11.6. The van der Waals surface area contributed by atoms with Gasteiger partial charge in [0.1, 0.15) is 5.82 Å². The van der Waals surface area contributed by atoms with Gasteiger partial charge >= 0.3 is 0 Å². The summed E-state index contributed by atoms with van der Waals surface area (Å²) in [6.07, 6.45) is 4.88. The van der Waals surface area contributed by atoms with Gasteiger partial charge in [-0.3, -0.25) is 0 Å². The molecule has 4 rings (SSSR count). The molecule has 1 aliphatic heterocycles. The van der Waals surface area contributed by atoms with Crippen LogP contribution in [-0.2, 0) is 0 Å². The highest BCUT2D eigenvalue weighted by atomic mass is 35.5. The maximum Gasteiger partial charge on any atom is 0.162 e. The van der Waals surface area contributed by atoms with Gasteiger partial charge in [0.15, 0.2) is 17.3 Å². The molecule has 0 radical (unpaired) electrons. The van der Waals surface area contributed by atoms with E-state index in [1.807, 2.05) is 36.4 Å². The maximum atomic E-state index is 6.06. The fourth-order valence-corrected chi connectivity index (χ4v) is 3.82. The van der Waals surface area contributed by atoms with E-state index in [1.165, 1.54) is 25.7 Å². The molecule has 1 aromatic heterocycles. The topological polar surface area (TPSA) is 47.5 Å². The number of benzene rings is 2. The number of hydrogen-bond acceptors (Lipinski definition) is 5. The lowest BCUT2D eigenvalue weighted by Gasteiger charge is -2.24. The first kappa shape index (κ1) is 18.8. The van der Waals surface area contributed by atoms with Crippen molar-refractivity contribution in [1.29, 1.82) is 0 Å². The van der Waals surface area contributed by atoms with Crippen LogP contribution in [0, 0.1) is 0 Å². The van der Waals surface area contributed by atoms with Crippen molar-refractivity contribution in [3.8, 4) is 22.9 Å². The van der Waals surface area contributed by atoms with E-state index in [2.05, 4.69) is 4.90 Å². The molecule has 1 fully saturated rings. The van der Waals surface area contributed by atoms with Crippen molar-refractivity contribution < 1.29 is 9.47 Å². The van der Waals surface area contributed by atoms with Crippen LogP contribution >= 0.6 is 11.6 Å². The number of aromatic nitrogens is 2. The number of anilines is 1. The molecule has 0 N–H and O–H groups in total. The number of nitrogens with zero attached hydrogens (tertiary/aromatic N) is 3. The minimum absolute atomic E-state index is 0.664. The molecule has 0 amide bonds. The zero-order valence-corrected chi connectivity index (χ0v) is 17.0. The van der Waals surface area contributed by atoms with Crippen LogP contribution in [0.2, 0.25) is 5.02 Å². The second-order valence-corrected chi connectivity index (χ2v) is 7.44. The predicted octanol–water partition coefficient (Wildman–Crippen LogP) is 5.35. The van der Waals surface area contributed by atoms with E-state index in [-0.39, 0.29) is 0 Å². The Bertz CT molecular complexity index is 968. The van der Waals surface area contributed by atoms with Crippen LogP contribution in [0.25, 0.3) is 22.3 Å². The molecule has 0 atom stereocenters. The summed E-state index contributed by atoms with van der Waals surface area (Å²) in [5.41, 5.74) is 1.79. The molecule has 0 bridgehead atoms. The molecule has 3 aromatic rings. The van der Waals surface area contributed by atoms with Crippen LogP contribution < -0.4 is 14.4 Å². The smallest absolute Gasteiger partial charge is 0.162 e. The molecular formula is C22H24ClN3O2. The normalized spacial score (nSPS) is 14.8. The SMILES string of the molecule is COc1cc2nc(-c3ccc(Cl)cc3)nc(N3CCCCCC3)c2cc1OC. The van der Waals surface area contributed by atoms with E-state index < -0.39 is 0 Å². The number of methoxy groups -OCH3 is 2. The van der Waals surface area contributed by atoms with Gasteiger partial charge in [0.2, 0.25) is 0 Å². The Kier molecular flexibility index (Phi) is 5.53. The highest BCUT2D eigenvalue weighted by Crippen LogP contribution is 2.37. The molecule has 1 aliphatic rings. The number of ether oxygens (including phenoxy) is 2. The molecule has 0 saturated carbocycles. The van der Waals surface area contributed by atoms with Gasteiger partial charge in [-0.25, -0.2) is 9.97 Å². The average molecular weight is 398 g/mol. The van der Waals surface area contributed by atoms with E-state index in [9.17, 15) is 0 Å². The molecule has 5 nitrogen and oxygen atoms in total. The summed E-state index contributed by atoms with van der Waals surface area (Å²) in [6.45, 7) is 2.00. The minimum Gasteiger partial charge on any atom is -0.493 e. The van der Waals surface area contributed by atoms with Crippen LogP contribution in [0.15, 0.2) is 36.4 Å². The Morgan fingerprint density at radius 3 is 2.14 bits per heavy atom. The van der Waals surface area contributed by atoms with Crippen molar-refractivity contribution in [1.82, 2.24) is 9.97 Å². The second kappa shape index (κ2) is 8.23. The lowest BCUT2D eigenvalue weighted by molar-refractivity contribution is 0.356. The molecule has 28 heavy (non-hydrogen) atoms. The van der Waals surface area contributed by atoms with Crippen LogP contribution in [0.1, 0.15) is 25.7 Å².